The monoisotopic (exact) mass is 278 g/mol. The fourth-order valence-electron chi connectivity index (χ4n) is 1.84. The number of rotatable bonds is 8. The number of amides is 1. The Bertz CT molecular complexity index is 401. The smallest absolute Gasteiger partial charge is 0.251 e. The second-order valence-corrected chi connectivity index (χ2v) is 5.09. The van der Waals surface area contributed by atoms with E-state index >= 15 is 0 Å². The van der Waals surface area contributed by atoms with Crippen molar-refractivity contribution in [2.45, 2.75) is 33.7 Å². The molecular weight excluding hydrogens is 252 g/mol. The van der Waals surface area contributed by atoms with Gasteiger partial charge in [0.05, 0.1) is 12.6 Å². The van der Waals surface area contributed by atoms with Gasteiger partial charge < -0.3 is 15.4 Å². The SMILES string of the molecule is CCNc1ccc(C(=O)NC(COCC)C(C)C)cc1. The zero-order valence-electron chi connectivity index (χ0n) is 12.9. The maximum absolute atomic E-state index is 12.2. The van der Waals surface area contributed by atoms with Crippen LogP contribution in [0.1, 0.15) is 38.1 Å². The molecule has 0 saturated heterocycles. The third-order valence-corrected chi connectivity index (χ3v) is 3.15. The minimum Gasteiger partial charge on any atom is -0.385 e. The molecule has 0 heterocycles. The first-order valence-corrected chi connectivity index (χ1v) is 7.31. The molecule has 4 nitrogen and oxygen atoms in total. The summed E-state index contributed by atoms with van der Waals surface area (Å²) in [6.07, 6.45) is 0. The molecule has 112 valence electrons. The van der Waals surface area contributed by atoms with Gasteiger partial charge in [-0.1, -0.05) is 13.8 Å². The molecule has 0 aliphatic carbocycles. The summed E-state index contributed by atoms with van der Waals surface area (Å²) in [7, 11) is 0. The third-order valence-electron chi connectivity index (χ3n) is 3.15. The van der Waals surface area contributed by atoms with Gasteiger partial charge in [-0.25, -0.2) is 0 Å². The highest BCUT2D eigenvalue weighted by Crippen LogP contribution is 2.10. The van der Waals surface area contributed by atoms with Crippen molar-refractivity contribution in [3.63, 3.8) is 0 Å². The van der Waals surface area contributed by atoms with Gasteiger partial charge in [0.2, 0.25) is 0 Å². The zero-order valence-corrected chi connectivity index (χ0v) is 12.9. The topological polar surface area (TPSA) is 50.4 Å². The number of hydrogen-bond acceptors (Lipinski definition) is 3. The number of benzene rings is 1. The second kappa shape index (κ2) is 8.59. The number of carbonyl (C=O) groups excluding carboxylic acids is 1. The van der Waals surface area contributed by atoms with Crippen LogP contribution >= 0.6 is 0 Å². The van der Waals surface area contributed by atoms with Crippen molar-refractivity contribution in [2.24, 2.45) is 5.92 Å². The molecule has 1 rings (SSSR count). The number of nitrogens with one attached hydrogen (secondary N) is 2. The third kappa shape index (κ3) is 5.21. The first-order valence-electron chi connectivity index (χ1n) is 7.31. The van der Waals surface area contributed by atoms with E-state index in [1.807, 2.05) is 38.1 Å². The first-order chi connectivity index (χ1) is 9.58. The van der Waals surface area contributed by atoms with Crippen molar-refractivity contribution in [1.82, 2.24) is 5.32 Å². The molecule has 1 aromatic rings. The van der Waals surface area contributed by atoms with E-state index < -0.39 is 0 Å². The number of hydrogen-bond donors (Lipinski definition) is 2. The van der Waals surface area contributed by atoms with Crippen LogP contribution in [0.3, 0.4) is 0 Å². The number of carbonyl (C=O) groups is 1. The van der Waals surface area contributed by atoms with Gasteiger partial charge in [-0.05, 0) is 44.0 Å². The van der Waals surface area contributed by atoms with E-state index in [1.165, 1.54) is 0 Å². The van der Waals surface area contributed by atoms with E-state index in [1.54, 1.807) is 0 Å². The molecule has 0 fully saturated rings. The lowest BCUT2D eigenvalue weighted by Gasteiger charge is -2.22. The summed E-state index contributed by atoms with van der Waals surface area (Å²) in [4.78, 5) is 12.2. The summed E-state index contributed by atoms with van der Waals surface area (Å²) in [5.41, 5.74) is 1.70. The molecule has 0 aliphatic rings. The fraction of sp³-hybridized carbons (Fsp3) is 0.562. The Balaban J connectivity index is 2.63. The van der Waals surface area contributed by atoms with Crippen molar-refractivity contribution in [3.8, 4) is 0 Å². The van der Waals surface area contributed by atoms with Crippen LogP contribution in [0, 0.1) is 5.92 Å². The van der Waals surface area contributed by atoms with Gasteiger partial charge in [0.15, 0.2) is 0 Å². The Labute approximate surface area is 121 Å². The molecule has 2 N–H and O–H groups in total. The van der Waals surface area contributed by atoms with Crippen LogP contribution in [0.25, 0.3) is 0 Å². The highest BCUT2D eigenvalue weighted by molar-refractivity contribution is 5.94. The molecular formula is C16H26N2O2. The Morgan fingerprint density at radius 2 is 1.85 bits per heavy atom. The predicted octanol–water partition coefficient (Wildman–Crippen LogP) is 2.91. The van der Waals surface area contributed by atoms with Gasteiger partial charge in [0.1, 0.15) is 0 Å². The maximum atomic E-state index is 12.2. The fourth-order valence-corrected chi connectivity index (χ4v) is 1.84. The lowest BCUT2D eigenvalue weighted by molar-refractivity contribution is 0.0806. The quantitative estimate of drug-likeness (QED) is 0.768. The Morgan fingerprint density at radius 1 is 1.20 bits per heavy atom. The summed E-state index contributed by atoms with van der Waals surface area (Å²) >= 11 is 0. The zero-order chi connectivity index (χ0) is 15.0. The van der Waals surface area contributed by atoms with E-state index in [0.29, 0.717) is 24.7 Å². The highest BCUT2D eigenvalue weighted by Gasteiger charge is 2.17. The molecule has 0 radical (unpaired) electrons. The van der Waals surface area contributed by atoms with Crippen LogP contribution in [-0.4, -0.2) is 31.7 Å². The van der Waals surface area contributed by atoms with Gasteiger partial charge in [-0.3, -0.25) is 4.79 Å². The van der Waals surface area contributed by atoms with Crippen molar-refractivity contribution < 1.29 is 9.53 Å². The van der Waals surface area contributed by atoms with E-state index in [9.17, 15) is 4.79 Å². The normalized spacial score (nSPS) is 12.2. The summed E-state index contributed by atoms with van der Waals surface area (Å²) < 4.78 is 5.42. The van der Waals surface area contributed by atoms with E-state index in [2.05, 4.69) is 24.5 Å². The Morgan fingerprint density at radius 3 is 2.35 bits per heavy atom. The molecule has 0 bridgehead atoms. The van der Waals surface area contributed by atoms with Crippen molar-refractivity contribution >= 4 is 11.6 Å². The van der Waals surface area contributed by atoms with Crippen molar-refractivity contribution in [3.05, 3.63) is 29.8 Å². The minimum atomic E-state index is -0.0496. The molecule has 0 spiro atoms. The molecule has 1 aromatic carbocycles. The second-order valence-electron chi connectivity index (χ2n) is 5.09. The Kier molecular flexibility index (Phi) is 7.09. The average molecular weight is 278 g/mol. The molecule has 0 aliphatic heterocycles. The van der Waals surface area contributed by atoms with Gasteiger partial charge in [-0.2, -0.15) is 0 Å². The number of anilines is 1. The van der Waals surface area contributed by atoms with Crippen LogP contribution in [0.2, 0.25) is 0 Å². The first kappa shape index (κ1) is 16.5. The largest absolute Gasteiger partial charge is 0.385 e. The lowest BCUT2D eigenvalue weighted by Crippen LogP contribution is -2.41. The molecule has 1 amide bonds. The number of ether oxygens (including phenoxy) is 1. The minimum absolute atomic E-state index is 0.0379. The van der Waals surface area contributed by atoms with Crippen LogP contribution in [-0.2, 0) is 4.74 Å². The predicted molar refractivity (Wildman–Crippen MR) is 83.2 cm³/mol. The van der Waals surface area contributed by atoms with Crippen LogP contribution < -0.4 is 10.6 Å². The van der Waals surface area contributed by atoms with E-state index in [-0.39, 0.29) is 11.9 Å². The molecule has 1 atom stereocenters. The molecule has 0 saturated carbocycles. The van der Waals surface area contributed by atoms with Crippen LogP contribution in [0.5, 0.6) is 0 Å². The van der Waals surface area contributed by atoms with Gasteiger partial charge >= 0.3 is 0 Å². The summed E-state index contributed by atoms with van der Waals surface area (Å²) in [5, 5.41) is 6.24. The van der Waals surface area contributed by atoms with E-state index in [4.69, 9.17) is 4.74 Å². The van der Waals surface area contributed by atoms with Gasteiger partial charge in [0, 0.05) is 24.4 Å². The van der Waals surface area contributed by atoms with Gasteiger partial charge in [-0.15, -0.1) is 0 Å². The molecule has 0 aromatic heterocycles. The summed E-state index contributed by atoms with van der Waals surface area (Å²) in [6.45, 7) is 10.2. The van der Waals surface area contributed by atoms with E-state index in [0.717, 1.165) is 12.2 Å². The summed E-state index contributed by atoms with van der Waals surface area (Å²) in [5.74, 6) is 0.290. The average Bonchev–Trinajstić information content (AvgIpc) is 2.44. The summed E-state index contributed by atoms with van der Waals surface area (Å²) in [6, 6.07) is 7.56. The van der Waals surface area contributed by atoms with Crippen molar-refractivity contribution in [1.29, 1.82) is 0 Å². The highest BCUT2D eigenvalue weighted by atomic mass is 16.5. The Hall–Kier alpha value is -1.55. The molecule has 4 heteroatoms. The van der Waals surface area contributed by atoms with Crippen LogP contribution in [0.4, 0.5) is 5.69 Å². The van der Waals surface area contributed by atoms with Gasteiger partial charge in [0.25, 0.3) is 5.91 Å². The van der Waals surface area contributed by atoms with Crippen LogP contribution in [0.15, 0.2) is 24.3 Å². The molecule has 1 unspecified atom stereocenters. The standard InChI is InChI=1S/C16H26N2O2/c1-5-17-14-9-7-13(8-10-14)16(19)18-15(12(3)4)11-20-6-2/h7-10,12,15,17H,5-6,11H2,1-4H3,(H,18,19). The molecule has 20 heavy (non-hydrogen) atoms. The maximum Gasteiger partial charge on any atom is 0.251 e. The van der Waals surface area contributed by atoms with Crippen molar-refractivity contribution in [2.75, 3.05) is 25.1 Å². The lowest BCUT2D eigenvalue weighted by atomic mass is 10.0.